The summed E-state index contributed by atoms with van der Waals surface area (Å²) in [5.41, 5.74) is 0. The molecule has 1 heterocycles. The molecular formula is C9H14N2O4S. The number of carbonyl (C=O) groups is 3. The van der Waals surface area contributed by atoms with E-state index in [-0.39, 0.29) is 29.4 Å². The molecule has 6 nitrogen and oxygen atoms in total. The SMILES string of the molecule is CC(CC(=O)O)SCC(=O)N1CCNC1=O. The number of amides is 3. The van der Waals surface area contributed by atoms with Gasteiger partial charge in [-0.05, 0) is 0 Å². The highest BCUT2D eigenvalue weighted by molar-refractivity contribution is 8.00. The van der Waals surface area contributed by atoms with Crippen molar-refractivity contribution in [1.29, 1.82) is 0 Å². The minimum Gasteiger partial charge on any atom is -0.481 e. The highest BCUT2D eigenvalue weighted by atomic mass is 32.2. The first kappa shape index (κ1) is 12.8. The van der Waals surface area contributed by atoms with Crippen molar-refractivity contribution in [3.05, 3.63) is 0 Å². The maximum Gasteiger partial charge on any atom is 0.324 e. The van der Waals surface area contributed by atoms with E-state index in [4.69, 9.17) is 5.11 Å². The van der Waals surface area contributed by atoms with E-state index >= 15 is 0 Å². The molecule has 1 aliphatic rings. The summed E-state index contributed by atoms with van der Waals surface area (Å²) >= 11 is 1.25. The van der Waals surface area contributed by atoms with E-state index in [1.165, 1.54) is 11.8 Å². The number of urea groups is 1. The van der Waals surface area contributed by atoms with Gasteiger partial charge >= 0.3 is 12.0 Å². The van der Waals surface area contributed by atoms with Gasteiger partial charge in [-0.15, -0.1) is 11.8 Å². The number of hydrogen-bond donors (Lipinski definition) is 2. The molecule has 1 fully saturated rings. The third kappa shape index (κ3) is 3.73. The summed E-state index contributed by atoms with van der Waals surface area (Å²) in [6, 6.07) is -0.364. The summed E-state index contributed by atoms with van der Waals surface area (Å²) < 4.78 is 0. The Morgan fingerprint density at radius 3 is 2.81 bits per heavy atom. The van der Waals surface area contributed by atoms with Crippen LogP contribution in [0.3, 0.4) is 0 Å². The first-order chi connectivity index (χ1) is 7.50. The lowest BCUT2D eigenvalue weighted by Gasteiger charge is -2.13. The van der Waals surface area contributed by atoms with Gasteiger partial charge in [-0.25, -0.2) is 4.79 Å². The van der Waals surface area contributed by atoms with E-state index in [1.807, 2.05) is 0 Å². The van der Waals surface area contributed by atoms with E-state index in [2.05, 4.69) is 5.32 Å². The van der Waals surface area contributed by atoms with Crippen LogP contribution in [0.15, 0.2) is 0 Å². The number of carbonyl (C=O) groups excluding carboxylic acids is 2. The zero-order valence-electron chi connectivity index (χ0n) is 8.93. The van der Waals surface area contributed by atoms with Crippen molar-refractivity contribution in [2.24, 2.45) is 0 Å². The Morgan fingerprint density at radius 1 is 1.62 bits per heavy atom. The van der Waals surface area contributed by atoms with Crippen molar-refractivity contribution >= 4 is 29.7 Å². The Hall–Kier alpha value is -1.24. The van der Waals surface area contributed by atoms with Crippen molar-refractivity contribution in [3.8, 4) is 0 Å². The lowest BCUT2D eigenvalue weighted by molar-refractivity contribution is -0.137. The van der Waals surface area contributed by atoms with Crippen molar-refractivity contribution in [2.45, 2.75) is 18.6 Å². The second kappa shape index (κ2) is 5.74. The second-order valence-corrected chi connectivity index (χ2v) is 4.92. The number of rotatable bonds is 5. The molecule has 0 aromatic rings. The molecular weight excluding hydrogens is 232 g/mol. The number of nitrogens with zero attached hydrogens (tertiary/aromatic N) is 1. The van der Waals surface area contributed by atoms with Crippen LogP contribution in [-0.2, 0) is 9.59 Å². The third-order valence-electron chi connectivity index (χ3n) is 2.11. The topological polar surface area (TPSA) is 86.7 Å². The number of thioether (sulfide) groups is 1. The fraction of sp³-hybridized carbons (Fsp3) is 0.667. The summed E-state index contributed by atoms with van der Waals surface area (Å²) in [6.45, 7) is 2.63. The van der Waals surface area contributed by atoms with Gasteiger partial charge in [0.25, 0.3) is 0 Å². The van der Waals surface area contributed by atoms with Crippen LogP contribution in [0.4, 0.5) is 4.79 Å². The fourth-order valence-corrected chi connectivity index (χ4v) is 2.15. The Kier molecular flexibility index (Phi) is 4.60. The monoisotopic (exact) mass is 246 g/mol. The maximum atomic E-state index is 11.5. The Morgan fingerprint density at radius 2 is 2.31 bits per heavy atom. The molecule has 0 aromatic carbocycles. The molecule has 0 radical (unpaired) electrons. The predicted molar refractivity (Wildman–Crippen MR) is 59.3 cm³/mol. The molecule has 1 atom stereocenters. The van der Waals surface area contributed by atoms with Crippen LogP contribution in [0.1, 0.15) is 13.3 Å². The van der Waals surface area contributed by atoms with Crippen molar-refractivity contribution in [2.75, 3.05) is 18.8 Å². The van der Waals surface area contributed by atoms with Gasteiger partial charge in [-0.2, -0.15) is 0 Å². The Balaban J connectivity index is 2.29. The normalized spacial score (nSPS) is 17.1. The standard InChI is InChI=1S/C9H14N2O4S/c1-6(4-8(13)14)16-5-7(12)11-3-2-10-9(11)15/h6H,2-5H2,1H3,(H,10,15)(H,13,14). The van der Waals surface area contributed by atoms with Crippen LogP contribution >= 0.6 is 11.8 Å². The number of carboxylic acid groups (broad SMARTS) is 1. The highest BCUT2D eigenvalue weighted by Crippen LogP contribution is 2.15. The molecule has 16 heavy (non-hydrogen) atoms. The summed E-state index contributed by atoms with van der Waals surface area (Å²) in [4.78, 5) is 34.2. The average molecular weight is 246 g/mol. The molecule has 0 bridgehead atoms. The van der Waals surface area contributed by atoms with Gasteiger partial charge in [0, 0.05) is 18.3 Å². The summed E-state index contributed by atoms with van der Waals surface area (Å²) in [5, 5.41) is 10.9. The molecule has 1 aliphatic heterocycles. The van der Waals surface area contributed by atoms with Crippen LogP contribution in [0.5, 0.6) is 0 Å². The summed E-state index contributed by atoms with van der Waals surface area (Å²) in [6.07, 6.45) is 0.0180. The molecule has 2 N–H and O–H groups in total. The van der Waals surface area contributed by atoms with E-state index in [0.29, 0.717) is 13.1 Å². The van der Waals surface area contributed by atoms with Crippen molar-refractivity contribution < 1.29 is 19.5 Å². The first-order valence-electron chi connectivity index (χ1n) is 4.92. The number of imide groups is 1. The van der Waals surface area contributed by atoms with Crippen LogP contribution in [0, 0.1) is 0 Å². The molecule has 1 rings (SSSR count). The largest absolute Gasteiger partial charge is 0.481 e. The lowest BCUT2D eigenvalue weighted by Crippen LogP contribution is -2.35. The van der Waals surface area contributed by atoms with Gasteiger partial charge in [0.2, 0.25) is 5.91 Å². The molecule has 3 amide bonds. The van der Waals surface area contributed by atoms with E-state index in [9.17, 15) is 14.4 Å². The van der Waals surface area contributed by atoms with Gasteiger partial charge in [-0.3, -0.25) is 14.5 Å². The van der Waals surface area contributed by atoms with E-state index in [1.54, 1.807) is 6.92 Å². The average Bonchev–Trinajstić information content (AvgIpc) is 2.60. The number of hydrogen-bond acceptors (Lipinski definition) is 4. The smallest absolute Gasteiger partial charge is 0.324 e. The molecule has 1 unspecified atom stereocenters. The lowest BCUT2D eigenvalue weighted by atomic mass is 10.3. The zero-order valence-corrected chi connectivity index (χ0v) is 9.75. The maximum absolute atomic E-state index is 11.5. The zero-order chi connectivity index (χ0) is 12.1. The predicted octanol–water partition coefficient (Wildman–Crippen LogP) is 0.135. The van der Waals surface area contributed by atoms with Gasteiger partial charge < -0.3 is 10.4 Å². The van der Waals surface area contributed by atoms with Crippen LogP contribution in [0.2, 0.25) is 0 Å². The number of nitrogens with one attached hydrogen (secondary N) is 1. The van der Waals surface area contributed by atoms with E-state index in [0.717, 1.165) is 4.90 Å². The number of carboxylic acids is 1. The van der Waals surface area contributed by atoms with E-state index < -0.39 is 5.97 Å². The molecule has 0 aromatic heterocycles. The second-order valence-electron chi connectivity index (χ2n) is 3.50. The van der Waals surface area contributed by atoms with Gasteiger partial charge in [-0.1, -0.05) is 6.92 Å². The van der Waals surface area contributed by atoms with Crippen molar-refractivity contribution in [1.82, 2.24) is 10.2 Å². The number of aliphatic carboxylic acids is 1. The molecule has 0 spiro atoms. The van der Waals surface area contributed by atoms with Gasteiger partial charge in [0.05, 0.1) is 12.2 Å². The minimum atomic E-state index is -0.883. The first-order valence-corrected chi connectivity index (χ1v) is 5.97. The molecule has 0 saturated carbocycles. The Labute approximate surface area is 97.4 Å². The Bertz CT molecular complexity index is 308. The molecule has 7 heteroatoms. The highest BCUT2D eigenvalue weighted by Gasteiger charge is 2.26. The fourth-order valence-electron chi connectivity index (χ4n) is 1.31. The minimum absolute atomic E-state index is 0.0180. The molecule has 0 aliphatic carbocycles. The van der Waals surface area contributed by atoms with Gasteiger partial charge in [0.15, 0.2) is 0 Å². The summed E-state index contributed by atoms with van der Waals surface area (Å²) in [7, 11) is 0. The quantitative estimate of drug-likeness (QED) is 0.720. The molecule has 1 saturated heterocycles. The van der Waals surface area contributed by atoms with Crippen LogP contribution < -0.4 is 5.32 Å². The van der Waals surface area contributed by atoms with Crippen molar-refractivity contribution in [3.63, 3.8) is 0 Å². The summed E-state index contributed by atoms with van der Waals surface area (Å²) in [5.74, 6) is -1.01. The van der Waals surface area contributed by atoms with Crippen LogP contribution in [-0.4, -0.2) is 52.0 Å². The van der Waals surface area contributed by atoms with Gasteiger partial charge in [0.1, 0.15) is 0 Å². The third-order valence-corrected chi connectivity index (χ3v) is 3.26. The van der Waals surface area contributed by atoms with Crippen LogP contribution in [0.25, 0.3) is 0 Å². The molecule has 90 valence electrons.